The first-order valence-electron chi connectivity index (χ1n) is 8.98. The lowest BCUT2D eigenvalue weighted by Crippen LogP contribution is -3.21. The molecule has 2 aliphatic heterocycles. The lowest BCUT2D eigenvalue weighted by Gasteiger charge is -2.37. The summed E-state index contributed by atoms with van der Waals surface area (Å²) in [6.45, 7) is 3.35. The molecule has 2 heterocycles. The van der Waals surface area contributed by atoms with Gasteiger partial charge < -0.3 is 9.80 Å². The Balaban J connectivity index is 2.04. The van der Waals surface area contributed by atoms with E-state index in [2.05, 4.69) is 10.6 Å². The Hall–Kier alpha value is 0.930. The van der Waals surface area contributed by atoms with E-state index in [1.165, 1.54) is 0 Å². The van der Waals surface area contributed by atoms with Crippen molar-refractivity contribution in [3.05, 3.63) is 0 Å². The summed E-state index contributed by atoms with van der Waals surface area (Å²) in [7, 11) is 0. The van der Waals surface area contributed by atoms with Crippen molar-refractivity contribution in [1.29, 1.82) is 0 Å². The van der Waals surface area contributed by atoms with E-state index >= 15 is 0 Å². The number of quaternary nitrogens is 2. The molecule has 0 aromatic carbocycles. The van der Waals surface area contributed by atoms with Crippen LogP contribution in [0.15, 0.2) is 0 Å². The van der Waals surface area contributed by atoms with Crippen LogP contribution in [0.5, 0.6) is 0 Å². The monoisotopic (exact) mass is 488 g/mol. The van der Waals surface area contributed by atoms with Crippen LogP contribution in [-0.2, 0) is 0 Å². The van der Waals surface area contributed by atoms with Crippen molar-refractivity contribution >= 4 is 75.6 Å². The number of hydrogen-bond donors (Lipinski definition) is 4. The molecule has 2 rings (SSSR count). The summed E-state index contributed by atoms with van der Waals surface area (Å²) >= 11 is 36.8. The third kappa shape index (κ3) is 7.07. The van der Waals surface area contributed by atoms with Crippen molar-refractivity contribution in [3.63, 3.8) is 0 Å². The first kappa shape index (κ1) is 23.2. The maximum Gasteiger partial charge on any atom is 0.324 e. The van der Waals surface area contributed by atoms with Gasteiger partial charge in [0.1, 0.15) is 0 Å². The molecule has 2 aliphatic rings. The molecular formula is C15H26Cl6N4O+2. The number of amides is 2. The van der Waals surface area contributed by atoms with Gasteiger partial charge in [-0.15, -0.1) is 0 Å². The second-order valence-corrected chi connectivity index (χ2v) is 11.7. The predicted molar refractivity (Wildman–Crippen MR) is 109 cm³/mol. The average Bonchev–Trinajstić information content (AvgIpc) is 2.57. The average molecular weight is 491 g/mol. The molecule has 26 heavy (non-hydrogen) atoms. The summed E-state index contributed by atoms with van der Waals surface area (Å²) in [6, 6.07) is -0.492. The van der Waals surface area contributed by atoms with E-state index in [-0.39, 0.29) is 0 Å². The van der Waals surface area contributed by atoms with E-state index in [1.807, 2.05) is 0 Å². The van der Waals surface area contributed by atoms with Crippen molar-refractivity contribution in [2.45, 2.75) is 58.4 Å². The smallest absolute Gasteiger partial charge is 0.312 e. The standard InChI is InChI=1S/C15H24Cl6N4O/c16-14(17,18)11(24-7-3-1-4-8-24)22-13(26)23-12(15(19,20)21)25-9-5-2-6-10-25/h11-12H,1-10H2,(H2,22,23,26)/p+2/t11-,12-/m1/s1. The molecule has 2 fully saturated rings. The maximum atomic E-state index is 12.6. The number of urea groups is 1. The minimum Gasteiger partial charge on any atom is -0.312 e. The summed E-state index contributed by atoms with van der Waals surface area (Å²) in [6.07, 6.45) is 5.09. The zero-order valence-electron chi connectivity index (χ0n) is 14.4. The van der Waals surface area contributed by atoms with Gasteiger partial charge in [0.25, 0.3) is 7.59 Å². The van der Waals surface area contributed by atoms with Gasteiger partial charge >= 0.3 is 6.03 Å². The van der Waals surface area contributed by atoms with E-state index in [0.29, 0.717) is 0 Å². The summed E-state index contributed by atoms with van der Waals surface area (Å²) in [4.78, 5) is 14.7. The van der Waals surface area contributed by atoms with Crippen molar-refractivity contribution in [2.24, 2.45) is 0 Å². The van der Waals surface area contributed by atoms with Crippen LogP contribution in [0.2, 0.25) is 0 Å². The van der Waals surface area contributed by atoms with Gasteiger partial charge in [0, 0.05) is 0 Å². The minimum atomic E-state index is -1.63. The lowest BCUT2D eigenvalue weighted by molar-refractivity contribution is -0.933. The Bertz CT molecular complexity index is 418. The van der Waals surface area contributed by atoms with E-state index < -0.39 is 25.9 Å². The van der Waals surface area contributed by atoms with Gasteiger partial charge in [-0.25, -0.2) is 4.79 Å². The summed E-state index contributed by atoms with van der Waals surface area (Å²) < 4.78 is -3.26. The summed E-state index contributed by atoms with van der Waals surface area (Å²) in [5, 5.41) is 5.59. The fourth-order valence-corrected chi connectivity index (χ4v) is 4.98. The van der Waals surface area contributed by atoms with Gasteiger partial charge in [-0.3, -0.25) is 10.6 Å². The number of carbonyl (C=O) groups is 1. The van der Waals surface area contributed by atoms with Crippen LogP contribution < -0.4 is 20.4 Å². The number of rotatable bonds is 4. The van der Waals surface area contributed by atoms with Gasteiger partial charge in [0.05, 0.1) is 26.2 Å². The predicted octanol–water partition coefficient (Wildman–Crippen LogP) is 1.82. The fourth-order valence-electron chi connectivity index (χ4n) is 3.72. The van der Waals surface area contributed by atoms with Crippen LogP contribution in [0.3, 0.4) is 0 Å². The number of piperidine rings is 2. The Kier molecular flexibility index (Phi) is 9.02. The number of likely N-dealkylation sites (tertiary alicyclic amines) is 2. The highest BCUT2D eigenvalue weighted by Gasteiger charge is 2.46. The topological polar surface area (TPSA) is 50.0 Å². The summed E-state index contributed by atoms with van der Waals surface area (Å²) in [5.41, 5.74) is 0. The van der Waals surface area contributed by atoms with Crippen LogP contribution in [0.1, 0.15) is 38.5 Å². The molecule has 2 amide bonds. The molecule has 0 aromatic heterocycles. The Morgan fingerprint density at radius 1 is 0.654 bits per heavy atom. The number of alkyl halides is 6. The quantitative estimate of drug-likeness (QED) is 0.446. The first-order valence-corrected chi connectivity index (χ1v) is 11.3. The van der Waals surface area contributed by atoms with Crippen LogP contribution in [0.4, 0.5) is 4.79 Å². The fraction of sp³-hybridized carbons (Fsp3) is 0.933. The molecule has 11 heteroatoms. The number of carbonyl (C=O) groups excluding carboxylic acids is 1. The zero-order chi connectivity index (χ0) is 19.4. The third-order valence-electron chi connectivity index (χ3n) is 5.01. The van der Waals surface area contributed by atoms with Gasteiger partial charge in [-0.05, 0) is 38.5 Å². The molecule has 4 N–H and O–H groups in total. The Labute approximate surface area is 184 Å². The van der Waals surface area contributed by atoms with Gasteiger partial charge in [-0.2, -0.15) is 0 Å². The Morgan fingerprint density at radius 3 is 1.23 bits per heavy atom. The van der Waals surface area contributed by atoms with E-state index in [4.69, 9.17) is 69.6 Å². The number of nitrogens with one attached hydrogen (secondary N) is 4. The molecule has 0 bridgehead atoms. The third-order valence-corrected chi connectivity index (χ3v) is 6.32. The van der Waals surface area contributed by atoms with Crippen molar-refractivity contribution in [2.75, 3.05) is 26.2 Å². The SMILES string of the molecule is O=C(N[C@H]([NH+]1CCCCC1)C(Cl)(Cl)Cl)N[C@H]([NH+]1CCCCC1)C(Cl)(Cl)Cl. The van der Waals surface area contributed by atoms with Crippen LogP contribution in [-0.4, -0.2) is 52.1 Å². The number of halogens is 6. The molecular weight excluding hydrogens is 465 g/mol. The van der Waals surface area contributed by atoms with Crippen molar-refractivity contribution < 1.29 is 14.6 Å². The molecule has 0 saturated carbocycles. The highest BCUT2D eigenvalue weighted by atomic mass is 35.6. The molecule has 152 valence electrons. The normalized spacial score (nSPS) is 23.3. The van der Waals surface area contributed by atoms with E-state index in [9.17, 15) is 4.79 Å². The molecule has 0 aromatic rings. The zero-order valence-corrected chi connectivity index (χ0v) is 18.9. The first-order chi connectivity index (χ1) is 12.1. The largest absolute Gasteiger partial charge is 0.324 e. The lowest BCUT2D eigenvalue weighted by atomic mass is 10.1. The molecule has 5 nitrogen and oxygen atoms in total. The van der Waals surface area contributed by atoms with E-state index in [0.717, 1.165) is 74.5 Å². The minimum absolute atomic E-state index is 0.492. The maximum absolute atomic E-state index is 12.6. The number of hydrogen-bond acceptors (Lipinski definition) is 1. The Morgan fingerprint density at radius 2 is 0.962 bits per heavy atom. The molecule has 0 spiro atoms. The molecule has 0 unspecified atom stereocenters. The van der Waals surface area contributed by atoms with Gasteiger partial charge in [0.15, 0.2) is 0 Å². The second kappa shape index (κ2) is 10.1. The van der Waals surface area contributed by atoms with E-state index in [1.54, 1.807) is 0 Å². The molecule has 0 aliphatic carbocycles. The molecule has 2 atom stereocenters. The van der Waals surface area contributed by atoms with Crippen LogP contribution >= 0.6 is 69.6 Å². The highest BCUT2D eigenvalue weighted by molar-refractivity contribution is 6.68. The highest BCUT2D eigenvalue weighted by Crippen LogP contribution is 2.29. The molecule has 2 saturated heterocycles. The van der Waals surface area contributed by atoms with Crippen LogP contribution in [0.25, 0.3) is 0 Å². The summed E-state index contributed by atoms with van der Waals surface area (Å²) in [5.74, 6) is 0. The molecule has 0 radical (unpaired) electrons. The van der Waals surface area contributed by atoms with Crippen LogP contribution in [0, 0.1) is 0 Å². The van der Waals surface area contributed by atoms with Crippen molar-refractivity contribution in [3.8, 4) is 0 Å². The van der Waals surface area contributed by atoms with Crippen molar-refractivity contribution in [1.82, 2.24) is 10.6 Å². The van der Waals surface area contributed by atoms with Gasteiger partial charge in [-0.1, -0.05) is 69.6 Å². The van der Waals surface area contributed by atoms with Gasteiger partial charge in [0.2, 0.25) is 12.3 Å². The second-order valence-electron chi connectivity index (χ2n) is 7.00.